The van der Waals surface area contributed by atoms with Crippen molar-refractivity contribution in [3.05, 3.63) is 34.2 Å². The molecule has 0 saturated carbocycles. The van der Waals surface area contributed by atoms with Crippen molar-refractivity contribution in [3.8, 4) is 0 Å². The Morgan fingerprint density at radius 1 is 1.25 bits per heavy atom. The van der Waals surface area contributed by atoms with E-state index in [1.807, 2.05) is 30.6 Å². The Morgan fingerprint density at radius 3 is 2.75 bits per heavy atom. The van der Waals surface area contributed by atoms with Gasteiger partial charge in [0, 0.05) is 23.5 Å². The smallest absolute Gasteiger partial charge is 0.206 e. The number of nitrogens with one attached hydrogen (secondary N) is 1. The van der Waals surface area contributed by atoms with Gasteiger partial charge in [-0.2, -0.15) is 5.10 Å². The van der Waals surface area contributed by atoms with Gasteiger partial charge in [0.05, 0.1) is 11.7 Å². The highest BCUT2D eigenvalue weighted by Crippen LogP contribution is 2.24. The van der Waals surface area contributed by atoms with Crippen molar-refractivity contribution in [2.75, 3.05) is 5.32 Å². The van der Waals surface area contributed by atoms with Crippen molar-refractivity contribution in [2.24, 2.45) is 0 Å². The SMILES string of the molecule is Cc1cc2ncc(C(C)Nc3nnc(C)s3)c(C)n2n1. The molecule has 3 heterocycles. The van der Waals surface area contributed by atoms with Crippen LogP contribution in [0.5, 0.6) is 0 Å². The van der Waals surface area contributed by atoms with Gasteiger partial charge in [0.25, 0.3) is 0 Å². The number of hydrogen-bond donors (Lipinski definition) is 1. The van der Waals surface area contributed by atoms with Gasteiger partial charge in [-0.15, -0.1) is 10.2 Å². The van der Waals surface area contributed by atoms with Crippen molar-refractivity contribution in [1.82, 2.24) is 24.8 Å². The van der Waals surface area contributed by atoms with Crippen LogP contribution in [0, 0.1) is 20.8 Å². The Kier molecular flexibility index (Phi) is 3.13. The van der Waals surface area contributed by atoms with Crippen LogP contribution in [-0.4, -0.2) is 24.8 Å². The molecule has 0 fully saturated rings. The van der Waals surface area contributed by atoms with E-state index >= 15 is 0 Å². The highest BCUT2D eigenvalue weighted by atomic mass is 32.1. The molecule has 0 aliphatic carbocycles. The number of nitrogens with zero attached hydrogens (tertiary/aromatic N) is 5. The van der Waals surface area contributed by atoms with Crippen LogP contribution in [0.4, 0.5) is 5.13 Å². The number of aromatic nitrogens is 5. The van der Waals surface area contributed by atoms with Gasteiger partial charge in [-0.05, 0) is 27.7 Å². The number of hydrogen-bond acceptors (Lipinski definition) is 6. The fourth-order valence-corrected chi connectivity index (χ4v) is 2.90. The van der Waals surface area contributed by atoms with Crippen LogP contribution in [-0.2, 0) is 0 Å². The molecule has 1 unspecified atom stereocenters. The van der Waals surface area contributed by atoms with E-state index < -0.39 is 0 Å². The van der Waals surface area contributed by atoms with Gasteiger partial charge < -0.3 is 5.32 Å². The van der Waals surface area contributed by atoms with E-state index in [1.54, 1.807) is 11.3 Å². The van der Waals surface area contributed by atoms with Crippen molar-refractivity contribution in [1.29, 1.82) is 0 Å². The molecule has 0 radical (unpaired) electrons. The Hall–Kier alpha value is -2.02. The number of rotatable bonds is 3. The van der Waals surface area contributed by atoms with Crippen molar-refractivity contribution >= 4 is 22.1 Å². The summed E-state index contributed by atoms with van der Waals surface area (Å²) in [5, 5.41) is 17.7. The maximum Gasteiger partial charge on any atom is 0.206 e. The zero-order valence-corrected chi connectivity index (χ0v) is 12.7. The summed E-state index contributed by atoms with van der Waals surface area (Å²) in [5.41, 5.74) is 4.04. The molecule has 3 rings (SSSR count). The third kappa shape index (κ3) is 2.24. The Balaban J connectivity index is 1.94. The molecule has 0 aliphatic rings. The van der Waals surface area contributed by atoms with Gasteiger partial charge in [0.1, 0.15) is 5.01 Å². The molecule has 0 amide bonds. The highest BCUT2D eigenvalue weighted by Gasteiger charge is 2.14. The van der Waals surface area contributed by atoms with E-state index in [2.05, 4.69) is 39.4 Å². The fraction of sp³-hybridized carbons (Fsp3) is 0.385. The van der Waals surface area contributed by atoms with E-state index in [1.165, 1.54) is 0 Å². The maximum atomic E-state index is 4.47. The molecule has 3 aromatic rings. The van der Waals surface area contributed by atoms with Crippen molar-refractivity contribution in [2.45, 2.75) is 33.7 Å². The Bertz CT molecular complexity index is 759. The summed E-state index contributed by atoms with van der Waals surface area (Å²) < 4.78 is 1.88. The zero-order valence-electron chi connectivity index (χ0n) is 11.9. The molecule has 0 aliphatic heterocycles. The first-order chi connectivity index (χ1) is 9.54. The lowest BCUT2D eigenvalue weighted by molar-refractivity contribution is 0.795. The third-order valence-electron chi connectivity index (χ3n) is 3.22. The fourth-order valence-electron chi connectivity index (χ4n) is 2.22. The zero-order chi connectivity index (χ0) is 14.3. The van der Waals surface area contributed by atoms with E-state index in [0.29, 0.717) is 0 Å². The molecule has 1 N–H and O–H groups in total. The van der Waals surface area contributed by atoms with Crippen LogP contribution in [0.25, 0.3) is 5.65 Å². The number of aryl methyl sites for hydroxylation is 3. The van der Waals surface area contributed by atoms with E-state index in [-0.39, 0.29) is 6.04 Å². The van der Waals surface area contributed by atoms with E-state index in [9.17, 15) is 0 Å². The summed E-state index contributed by atoms with van der Waals surface area (Å²) >= 11 is 1.55. The summed E-state index contributed by atoms with van der Waals surface area (Å²) in [6.07, 6.45) is 1.90. The molecule has 0 saturated heterocycles. The average molecular weight is 288 g/mol. The van der Waals surface area contributed by atoms with Crippen LogP contribution < -0.4 is 5.32 Å². The second kappa shape index (κ2) is 4.82. The van der Waals surface area contributed by atoms with Gasteiger partial charge in [-0.25, -0.2) is 9.50 Å². The van der Waals surface area contributed by atoms with Gasteiger partial charge in [0.15, 0.2) is 5.65 Å². The summed E-state index contributed by atoms with van der Waals surface area (Å²) in [6, 6.07) is 2.08. The topological polar surface area (TPSA) is 68.0 Å². The van der Waals surface area contributed by atoms with Crippen LogP contribution in [0.3, 0.4) is 0 Å². The lowest BCUT2D eigenvalue weighted by Crippen LogP contribution is -2.11. The minimum absolute atomic E-state index is 0.101. The quantitative estimate of drug-likeness (QED) is 0.802. The second-order valence-electron chi connectivity index (χ2n) is 4.85. The van der Waals surface area contributed by atoms with Crippen LogP contribution in [0.2, 0.25) is 0 Å². The predicted molar refractivity (Wildman–Crippen MR) is 79.1 cm³/mol. The monoisotopic (exact) mass is 288 g/mol. The predicted octanol–water partition coefficient (Wildman–Crippen LogP) is 2.68. The molecular weight excluding hydrogens is 272 g/mol. The molecule has 0 aromatic carbocycles. The maximum absolute atomic E-state index is 4.47. The minimum atomic E-state index is 0.101. The second-order valence-corrected chi connectivity index (χ2v) is 6.03. The number of anilines is 1. The molecule has 0 bridgehead atoms. The third-order valence-corrected chi connectivity index (χ3v) is 3.99. The van der Waals surface area contributed by atoms with Crippen LogP contribution in [0.1, 0.15) is 34.9 Å². The standard InChI is InChI=1S/C13H16N6S/c1-7-5-12-14-6-11(9(3)19(12)18-7)8(2)15-13-17-16-10(4)20-13/h5-6,8H,1-4H3,(H,15,17). The lowest BCUT2D eigenvalue weighted by Gasteiger charge is -2.15. The van der Waals surface area contributed by atoms with Gasteiger partial charge in [0.2, 0.25) is 5.13 Å². The average Bonchev–Trinajstić information content (AvgIpc) is 2.95. The van der Waals surface area contributed by atoms with Gasteiger partial charge >= 0.3 is 0 Å². The minimum Gasteiger partial charge on any atom is -0.353 e. The van der Waals surface area contributed by atoms with E-state index in [0.717, 1.165) is 32.7 Å². The van der Waals surface area contributed by atoms with Gasteiger partial charge in [-0.3, -0.25) is 0 Å². The van der Waals surface area contributed by atoms with Gasteiger partial charge in [-0.1, -0.05) is 11.3 Å². The largest absolute Gasteiger partial charge is 0.353 e. The molecule has 104 valence electrons. The van der Waals surface area contributed by atoms with Crippen LogP contribution in [0.15, 0.2) is 12.3 Å². The van der Waals surface area contributed by atoms with Crippen molar-refractivity contribution in [3.63, 3.8) is 0 Å². The first kappa shape index (κ1) is 13.0. The molecule has 7 heteroatoms. The molecule has 20 heavy (non-hydrogen) atoms. The first-order valence-electron chi connectivity index (χ1n) is 6.43. The summed E-state index contributed by atoms with van der Waals surface area (Å²) in [5.74, 6) is 0. The lowest BCUT2D eigenvalue weighted by atomic mass is 10.1. The molecule has 1 atom stereocenters. The Labute approximate surface area is 120 Å². The Morgan fingerprint density at radius 2 is 2.05 bits per heavy atom. The molecular formula is C13H16N6S. The van der Waals surface area contributed by atoms with E-state index in [4.69, 9.17) is 0 Å². The summed E-state index contributed by atoms with van der Waals surface area (Å²) in [7, 11) is 0. The molecule has 6 nitrogen and oxygen atoms in total. The molecule has 0 spiro atoms. The van der Waals surface area contributed by atoms with Crippen molar-refractivity contribution < 1.29 is 0 Å². The molecule has 3 aromatic heterocycles. The normalized spacial score (nSPS) is 12.8. The summed E-state index contributed by atoms with van der Waals surface area (Å²) in [6.45, 7) is 8.06. The summed E-state index contributed by atoms with van der Waals surface area (Å²) in [4.78, 5) is 4.46. The number of fused-ring (bicyclic) bond motifs is 1. The first-order valence-corrected chi connectivity index (χ1v) is 7.25. The van der Waals surface area contributed by atoms with Crippen LogP contribution >= 0.6 is 11.3 Å². The highest BCUT2D eigenvalue weighted by molar-refractivity contribution is 7.15.